The Morgan fingerprint density at radius 2 is 1.96 bits per heavy atom. The summed E-state index contributed by atoms with van der Waals surface area (Å²) in [5, 5.41) is 17.2. The van der Waals surface area contributed by atoms with E-state index in [0.717, 1.165) is 24.0 Å². The molecule has 1 aliphatic carbocycles. The van der Waals surface area contributed by atoms with Gasteiger partial charge >= 0.3 is 0 Å². The van der Waals surface area contributed by atoms with Gasteiger partial charge in [-0.05, 0) is 36.1 Å². The number of halogens is 1. The molecule has 2 aromatic carbocycles. The van der Waals surface area contributed by atoms with Crippen LogP contribution in [0.2, 0.25) is 0 Å². The third kappa shape index (κ3) is 4.17. The Morgan fingerprint density at radius 1 is 1.23 bits per heavy atom. The fraction of sp³-hybridized carbons (Fsp3) is 0.316. The summed E-state index contributed by atoms with van der Waals surface area (Å²) in [4.78, 5) is 14.5. The molecule has 0 aliphatic heterocycles. The zero-order valence-corrected chi connectivity index (χ0v) is 14.5. The van der Waals surface area contributed by atoms with Gasteiger partial charge in [0.25, 0.3) is 5.69 Å². The van der Waals surface area contributed by atoms with Crippen molar-refractivity contribution in [3.63, 3.8) is 0 Å². The Hall–Kier alpha value is -2.96. The van der Waals surface area contributed by atoms with Crippen LogP contribution in [0.25, 0.3) is 0 Å². The first kappa shape index (κ1) is 17.8. The van der Waals surface area contributed by atoms with Crippen molar-refractivity contribution >= 4 is 11.6 Å². The maximum Gasteiger partial charge on any atom is 0.269 e. The van der Waals surface area contributed by atoms with Gasteiger partial charge in [-0.3, -0.25) is 15.1 Å². The van der Waals surface area contributed by atoms with Crippen molar-refractivity contribution in [2.24, 2.45) is 4.99 Å². The van der Waals surface area contributed by atoms with E-state index in [4.69, 9.17) is 0 Å². The highest BCUT2D eigenvalue weighted by Gasteiger charge is 2.44. The molecular weight excluding hydrogens is 335 g/mol. The number of hydrogen-bond acceptors (Lipinski definition) is 3. The highest BCUT2D eigenvalue weighted by atomic mass is 19.1. The third-order valence-corrected chi connectivity index (χ3v) is 4.72. The van der Waals surface area contributed by atoms with E-state index in [1.165, 1.54) is 18.2 Å². The lowest BCUT2D eigenvalue weighted by molar-refractivity contribution is -0.384. The first-order valence-electron chi connectivity index (χ1n) is 8.46. The third-order valence-electron chi connectivity index (χ3n) is 4.72. The normalized spacial score (nSPS) is 15.4. The van der Waals surface area contributed by atoms with Crippen molar-refractivity contribution in [1.82, 2.24) is 10.6 Å². The van der Waals surface area contributed by atoms with Crippen molar-refractivity contribution < 1.29 is 9.31 Å². The molecule has 136 valence electrons. The SMILES string of the molecule is CN=C(NCc1ccc([N+](=O)[O-])cc1)NCC1(c2cccc(F)c2)CC1. The monoisotopic (exact) mass is 356 g/mol. The van der Waals surface area contributed by atoms with Gasteiger partial charge in [-0.2, -0.15) is 0 Å². The number of hydrogen-bond donors (Lipinski definition) is 2. The predicted octanol–water partition coefficient (Wildman–Crippen LogP) is 3.13. The number of aliphatic imine (C=N–C) groups is 1. The minimum Gasteiger partial charge on any atom is -0.356 e. The number of nitro benzene ring substituents is 1. The van der Waals surface area contributed by atoms with E-state index in [1.54, 1.807) is 31.3 Å². The molecule has 0 atom stereocenters. The topological polar surface area (TPSA) is 79.6 Å². The number of nitrogens with one attached hydrogen (secondary N) is 2. The van der Waals surface area contributed by atoms with Gasteiger partial charge in [-0.1, -0.05) is 24.3 Å². The van der Waals surface area contributed by atoms with Gasteiger partial charge < -0.3 is 10.6 Å². The molecule has 0 heterocycles. The molecule has 1 saturated carbocycles. The molecule has 0 spiro atoms. The molecule has 7 heteroatoms. The van der Waals surface area contributed by atoms with Crippen LogP contribution in [0.1, 0.15) is 24.0 Å². The molecule has 3 rings (SSSR count). The van der Waals surface area contributed by atoms with Gasteiger partial charge in [0.05, 0.1) is 4.92 Å². The van der Waals surface area contributed by atoms with E-state index < -0.39 is 4.92 Å². The summed E-state index contributed by atoms with van der Waals surface area (Å²) >= 11 is 0. The van der Waals surface area contributed by atoms with Gasteiger partial charge in [0.1, 0.15) is 5.82 Å². The molecule has 2 N–H and O–H groups in total. The predicted molar refractivity (Wildman–Crippen MR) is 98.6 cm³/mol. The highest BCUT2D eigenvalue weighted by Crippen LogP contribution is 2.47. The van der Waals surface area contributed by atoms with E-state index in [-0.39, 0.29) is 16.9 Å². The number of nitrogens with zero attached hydrogens (tertiary/aromatic N) is 2. The fourth-order valence-corrected chi connectivity index (χ4v) is 2.93. The van der Waals surface area contributed by atoms with Gasteiger partial charge in [-0.25, -0.2) is 4.39 Å². The molecule has 0 amide bonds. The van der Waals surface area contributed by atoms with Crippen LogP contribution in [0.3, 0.4) is 0 Å². The van der Waals surface area contributed by atoms with Gasteiger partial charge in [-0.15, -0.1) is 0 Å². The first-order valence-corrected chi connectivity index (χ1v) is 8.46. The Kier molecular flexibility index (Phi) is 5.16. The van der Waals surface area contributed by atoms with E-state index in [1.807, 2.05) is 6.07 Å². The van der Waals surface area contributed by atoms with Crippen molar-refractivity contribution in [3.8, 4) is 0 Å². The summed E-state index contributed by atoms with van der Waals surface area (Å²) < 4.78 is 13.5. The van der Waals surface area contributed by atoms with Gasteiger partial charge in [0.15, 0.2) is 5.96 Å². The van der Waals surface area contributed by atoms with Crippen LogP contribution in [0.4, 0.5) is 10.1 Å². The van der Waals surface area contributed by atoms with Crippen molar-refractivity contribution in [1.29, 1.82) is 0 Å². The zero-order chi connectivity index (χ0) is 18.6. The van der Waals surface area contributed by atoms with Crippen molar-refractivity contribution in [2.75, 3.05) is 13.6 Å². The number of rotatable bonds is 6. The minimum absolute atomic E-state index is 0.0346. The van der Waals surface area contributed by atoms with Gasteiger partial charge in [0, 0.05) is 37.7 Å². The van der Waals surface area contributed by atoms with Crippen LogP contribution in [-0.2, 0) is 12.0 Å². The lowest BCUT2D eigenvalue weighted by Crippen LogP contribution is -2.40. The molecule has 0 bridgehead atoms. The molecular formula is C19H21FN4O2. The summed E-state index contributed by atoms with van der Waals surface area (Å²) in [5.74, 6) is 0.431. The van der Waals surface area contributed by atoms with Crippen LogP contribution in [0.5, 0.6) is 0 Å². The minimum atomic E-state index is -0.417. The molecule has 1 fully saturated rings. The number of non-ortho nitro benzene ring substituents is 1. The molecule has 6 nitrogen and oxygen atoms in total. The Morgan fingerprint density at radius 3 is 2.54 bits per heavy atom. The summed E-state index contributed by atoms with van der Waals surface area (Å²) in [6.45, 7) is 1.18. The number of nitro groups is 1. The molecule has 2 aromatic rings. The maximum atomic E-state index is 13.5. The Balaban J connectivity index is 1.54. The molecule has 1 aliphatic rings. The molecule has 0 saturated heterocycles. The van der Waals surface area contributed by atoms with E-state index in [0.29, 0.717) is 19.0 Å². The average Bonchev–Trinajstić information content (AvgIpc) is 3.43. The van der Waals surface area contributed by atoms with Crippen molar-refractivity contribution in [2.45, 2.75) is 24.8 Å². The number of benzene rings is 2. The van der Waals surface area contributed by atoms with E-state index in [9.17, 15) is 14.5 Å². The van der Waals surface area contributed by atoms with E-state index >= 15 is 0 Å². The lowest BCUT2D eigenvalue weighted by Gasteiger charge is -2.19. The summed E-state index contributed by atoms with van der Waals surface area (Å²) in [5.41, 5.74) is 1.97. The van der Waals surface area contributed by atoms with Crippen molar-refractivity contribution in [3.05, 3.63) is 75.6 Å². The first-order chi connectivity index (χ1) is 12.5. The Labute approximate surface area is 151 Å². The average molecular weight is 356 g/mol. The van der Waals surface area contributed by atoms with E-state index in [2.05, 4.69) is 15.6 Å². The second kappa shape index (κ2) is 7.51. The summed E-state index contributed by atoms with van der Waals surface area (Å²) in [7, 11) is 1.69. The molecule has 0 radical (unpaired) electrons. The van der Waals surface area contributed by atoms with Crippen LogP contribution in [0.15, 0.2) is 53.5 Å². The number of guanidine groups is 1. The standard InChI is InChI=1S/C19H21FN4O2/c1-21-18(22-12-14-5-7-17(8-6-14)24(25)26)23-13-19(9-10-19)15-3-2-4-16(20)11-15/h2-8,11H,9-10,12-13H2,1H3,(H2,21,22,23). The van der Waals surface area contributed by atoms with Crippen LogP contribution in [0, 0.1) is 15.9 Å². The Bertz CT molecular complexity index is 817. The van der Waals surface area contributed by atoms with Crippen LogP contribution < -0.4 is 10.6 Å². The lowest BCUT2D eigenvalue weighted by atomic mass is 9.96. The second-order valence-corrected chi connectivity index (χ2v) is 6.49. The summed E-state index contributed by atoms with van der Waals surface area (Å²) in [6.07, 6.45) is 2.03. The highest BCUT2D eigenvalue weighted by molar-refractivity contribution is 5.79. The maximum absolute atomic E-state index is 13.5. The van der Waals surface area contributed by atoms with Crippen LogP contribution in [-0.4, -0.2) is 24.5 Å². The smallest absolute Gasteiger partial charge is 0.269 e. The van der Waals surface area contributed by atoms with Gasteiger partial charge in [0.2, 0.25) is 0 Å². The zero-order valence-electron chi connectivity index (χ0n) is 14.5. The van der Waals surface area contributed by atoms with Crippen LogP contribution >= 0.6 is 0 Å². The largest absolute Gasteiger partial charge is 0.356 e. The fourth-order valence-electron chi connectivity index (χ4n) is 2.93. The molecule has 0 unspecified atom stereocenters. The summed E-state index contributed by atoms with van der Waals surface area (Å²) in [6, 6.07) is 13.2. The quantitative estimate of drug-likeness (QED) is 0.361. The molecule has 0 aromatic heterocycles. The second-order valence-electron chi connectivity index (χ2n) is 6.49. The molecule has 26 heavy (non-hydrogen) atoms.